The molecule has 3 rings (SSSR count). The van der Waals surface area contributed by atoms with Gasteiger partial charge in [0.15, 0.2) is 0 Å². The van der Waals surface area contributed by atoms with E-state index in [1.165, 1.54) is 4.90 Å². The fraction of sp³-hybridized carbons (Fsp3) is 0.368. The summed E-state index contributed by atoms with van der Waals surface area (Å²) >= 11 is 0. The van der Waals surface area contributed by atoms with E-state index in [9.17, 15) is 18.0 Å². The first-order chi connectivity index (χ1) is 12.4. The molecule has 0 aromatic heterocycles. The smallest absolute Gasteiger partial charge is 0.336 e. The van der Waals surface area contributed by atoms with Gasteiger partial charge < -0.3 is 9.74 Å². The maximum absolute atomic E-state index is 12.7. The summed E-state index contributed by atoms with van der Waals surface area (Å²) in [5.41, 5.74) is 1.45. The Balaban J connectivity index is 1.68. The summed E-state index contributed by atoms with van der Waals surface area (Å²) in [4.78, 5) is 18.9. The third-order valence-electron chi connectivity index (χ3n) is 4.48. The first-order valence-corrected chi connectivity index (χ1v) is 8.30. The quantitative estimate of drug-likeness (QED) is 0.782. The predicted octanol–water partition coefficient (Wildman–Crippen LogP) is 3.58. The number of alkyl halides is 3. The lowest BCUT2D eigenvalue weighted by Gasteiger charge is -2.35. The lowest BCUT2D eigenvalue weighted by molar-refractivity contribution is -0.148. The fourth-order valence-corrected chi connectivity index (χ4v) is 3.16. The Bertz CT molecular complexity index is 849. The number of piperazine rings is 1. The normalized spacial score (nSPS) is 15.8. The van der Waals surface area contributed by atoms with Crippen molar-refractivity contribution in [2.24, 2.45) is 0 Å². The largest absolute Gasteiger partial charge is 0.401 e. The average molecular weight is 361 g/mol. The molecule has 0 bridgehead atoms. The summed E-state index contributed by atoms with van der Waals surface area (Å²) in [5, 5.41) is 1.86. The Morgan fingerprint density at radius 2 is 1.69 bits per heavy atom. The zero-order valence-corrected chi connectivity index (χ0v) is 14.1. The number of hydrogen-bond acceptors (Lipinski definition) is 2. The van der Waals surface area contributed by atoms with E-state index < -0.39 is 12.7 Å². The van der Waals surface area contributed by atoms with E-state index in [1.54, 1.807) is 17.0 Å². The molecule has 1 aliphatic rings. The summed E-state index contributed by atoms with van der Waals surface area (Å²) in [5.74, 6) is -0.163. The van der Waals surface area contributed by atoms with Crippen molar-refractivity contribution >= 4 is 16.7 Å². The molecule has 2 aromatic carbocycles. The SMILES string of the molecule is [C-]#[N+]Cc1ccc2cc(C(=O)N3CCN(CC(F)(F)F)CC3)ccc2c1. The minimum Gasteiger partial charge on any atom is -0.336 e. The second kappa shape index (κ2) is 7.34. The van der Waals surface area contributed by atoms with Crippen molar-refractivity contribution in [3.05, 3.63) is 58.9 Å². The van der Waals surface area contributed by atoms with Crippen LogP contribution < -0.4 is 0 Å². The summed E-state index contributed by atoms with van der Waals surface area (Å²) in [7, 11) is 0. The lowest BCUT2D eigenvalue weighted by Crippen LogP contribution is -2.50. The summed E-state index contributed by atoms with van der Waals surface area (Å²) in [6.07, 6.45) is -4.21. The Kier molecular flexibility index (Phi) is 5.14. The Labute approximate surface area is 149 Å². The van der Waals surface area contributed by atoms with Gasteiger partial charge in [0.1, 0.15) is 0 Å². The van der Waals surface area contributed by atoms with Gasteiger partial charge in [-0.1, -0.05) is 18.2 Å². The van der Waals surface area contributed by atoms with Crippen LogP contribution in [0.5, 0.6) is 0 Å². The Hall–Kier alpha value is -2.59. The summed E-state index contributed by atoms with van der Waals surface area (Å²) in [6.45, 7) is 7.33. The highest BCUT2D eigenvalue weighted by atomic mass is 19.4. The molecule has 0 atom stereocenters. The van der Waals surface area contributed by atoms with Gasteiger partial charge in [-0.3, -0.25) is 9.69 Å². The van der Waals surface area contributed by atoms with E-state index in [-0.39, 0.29) is 32.1 Å². The number of carbonyl (C=O) groups excluding carboxylic acids is 1. The van der Waals surface area contributed by atoms with Crippen molar-refractivity contribution in [1.82, 2.24) is 9.80 Å². The van der Waals surface area contributed by atoms with Gasteiger partial charge in [0.2, 0.25) is 6.54 Å². The van der Waals surface area contributed by atoms with Crippen LogP contribution in [0.4, 0.5) is 13.2 Å². The van der Waals surface area contributed by atoms with Gasteiger partial charge in [0, 0.05) is 37.3 Å². The average Bonchev–Trinajstić information content (AvgIpc) is 2.60. The fourth-order valence-electron chi connectivity index (χ4n) is 3.16. The highest BCUT2D eigenvalue weighted by Crippen LogP contribution is 2.21. The minimum atomic E-state index is -4.21. The van der Waals surface area contributed by atoms with E-state index in [0.29, 0.717) is 12.1 Å². The van der Waals surface area contributed by atoms with Gasteiger partial charge in [-0.05, 0) is 29.0 Å². The molecule has 136 valence electrons. The van der Waals surface area contributed by atoms with Crippen molar-refractivity contribution in [2.45, 2.75) is 12.7 Å². The van der Waals surface area contributed by atoms with Crippen LogP contribution in [-0.4, -0.2) is 54.6 Å². The van der Waals surface area contributed by atoms with Crippen LogP contribution in [0.2, 0.25) is 0 Å². The van der Waals surface area contributed by atoms with Gasteiger partial charge in [0.25, 0.3) is 5.91 Å². The second-order valence-corrected chi connectivity index (χ2v) is 6.40. The molecular formula is C19H18F3N3O. The molecule has 0 aliphatic carbocycles. The van der Waals surface area contributed by atoms with Gasteiger partial charge in [0.05, 0.1) is 6.54 Å². The number of fused-ring (bicyclic) bond motifs is 1. The van der Waals surface area contributed by atoms with Crippen LogP contribution in [0.3, 0.4) is 0 Å². The number of carbonyl (C=O) groups is 1. The maximum Gasteiger partial charge on any atom is 0.401 e. The molecule has 1 heterocycles. The van der Waals surface area contributed by atoms with Crippen molar-refractivity contribution in [1.29, 1.82) is 0 Å². The van der Waals surface area contributed by atoms with Crippen LogP contribution >= 0.6 is 0 Å². The standard InChI is InChI=1S/C19H18F3N3O/c1-23-12-14-2-3-16-11-17(5-4-15(16)10-14)18(26)25-8-6-24(7-9-25)13-19(20,21)22/h2-5,10-11H,6-9,12-13H2. The molecule has 4 nitrogen and oxygen atoms in total. The molecule has 0 unspecified atom stereocenters. The lowest BCUT2D eigenvalue weighted by atomic mass is 10.0. The van der Waals surface area contributed by atoms with Crippen LogP contribution in [0.15, 0.2) is 36.4 Å². The molecule has 0 radical (unpaired) electrons. The van der Waals surface area contributed by atoms with Crippen molar-refractivity contribution < 1.29 is 18.0 Å². The van der Waals surface area contributed by atoms with E-state index in [1.807, 2.05) is 24.3 Å². The van der Waals surface area contributed by atoms with Gasteiger partial charge in [-0.2, -0.15) is 13.2 Å². The van der Waals surface area contributed by atoms with E-state index in [4.69, 9.17) is 6.57 Å². The van der Waals surface area contributed by atoms with Crippen LogP contribution in [0.25, 0.3) is 15.6 Å². The first-order valence-electron chi connectivity index (χ1n) is 8.30. The third kappa shape index (κ3) is 4.33. The van der Waals surface area contributed by atoms with E-state index in [0.717, 1.165) is 16.3 Å². The molecule has 0 saturated carbocycles. The van der Waals surface area contributed by atoms with Crippen LogP contribution in [0, 0.1) is 6.57 Å². The molecule has 26 heavy (non-hydrogen) atoms. The summed E-state index contributed by atoms with van der Waals surface area (Å²) < 4.78 is 37.3. The van der Waals surface area contributed by atoms with Crippen LogP contribution in [0.1, 0.15) is 15.9 Å². The number of amides is 1. The van der Waals surface area contributed by atoms with Crippen molar-refractivity contribution in [2.75, 3.05) is 32.7 Å². The number of rotatable bonds is 3. The zero-order chi connectivity index (χ0) is 18.7. The monoisotopic (exact) mass is 361 g/mol. The number of benzene rings is 2. The topological polar surface area (TPSA) is 27.9 Å². The number of halogens is 3. The molecule has 2 aromatic rings. The zero-order valence-electron chi connectivity index (χ0n) is 14.1. The van der Waals surface area contributed by atoms with Crippen molar-refractivity contribution in [3.63, 3.8) is 0 Å². The summed E-state index contributed by atoms with van der Waals surface area (Å²) in [6, 6.07) is 11.0. The molecule has 0 spiro atoms. The molecule has 1 amide bonds. The van der Waals surface area contributed by atoms with Gasteiger partial charge >= 0.3 is 6.18 Å². The van der Waals surface area contributed by atoms with E-state index in [2.05, 4.69) is 4.85 Å². The third-order valence-corrected chi connectivity index (χ3v) is 4.48. The molecule has 7 heteroatoms. The van der Waals surface area contributed by atoms with Gasteiger partial charge in [-0.15, -0.1) is 0 Å². The second-order valence-electron chi connectivity index (χ2n) is 6.40. The minimum absolute atomic E-state index is 0.163. The molecule has 1 saturated heterocycles. The molecule has 1 aliphatic heterocycles. The Morgan fingerprint density at radius 3 is 2.35 bits per heavy atom. The molecule has 1 fully saturated rings. The van der Waals surface area contributed by atoms with Gasteiger partial charge in [-0.25, -0.2) is 6.57 Å². The van der Waals surface area contributed by atoms with Crippen molar-refractivity contribution in [3.8, 4) is 0 Å². The molecular weight excluding hydrogens is 343 g/mol. The Morgan fingerprint density at radius 1 is 1.04 bits per heavy atom. The molecule has 0 N–H and O–H groups in total. The first kappa shape index (κ1) is 18.2. The van der Waals surface area contributed by atoms with E-state index >= 15 is 0 Å². The van der Waals surface area contributed by atoms with Crippen LogP contribution in [-0.2, 0) is 6.54 Å². The number of hydrogen-bond donors (Lipinski definition) is 0. The highest BCUT2D eigenvalue weighted by Gasteiger charge is 2.33. The maximum atomic E-state index is 12.7. The highest BCUT2D eigenvalue weighted by molar-refractivity contribution is 5.98. The predicted molar refractivity (Wildman–Crippen MR) is 92.7 cm³/mol. The number of nitrogens with zero attached hydrogens (tertiary/aromatic N) is 3.